The molecule has 3 aromatic rings. The number of thioether (sulfide) groups is 1. The van der Waals surface area contributed by atoms with Gasteiger partial charge in [0.2, 0.25) is 0 Å². The number of rotatable bonds is 9. The Kier molecular flexibility index (Phi) is 8.15. The van der Waals surface area contributed by atoms with Crippen molar-refractivity contribution >= 4 is 35.0 Å². The van der Waals surface area contributed by atoms with Crippen molar-refractivity contribution in [1.29, 1.82) is 0 Å². The number of hydrogen-bond donors (Lipinski definition) is 0. The molecule has 8 nitrogen and oxygen atoms in total. The summed E-state index contributed by atoms with van der Waals surface area (Å²) in [4.78, 5) is 39.4. The van der Waals surface area contributed by atoms with E-state index >= 15 is 0 Å². The van der Waals surface area contributed by atoms with E-state index in [2.05, 4.69) is 0 Å². The highest BCUT2D eigenvalue weighted by Gasteiger charge is 2.34. The second-order valence-electron chi connectivity index (χ2n) is 8.03. The summed E-state index contributed by atoms with van der Waals surface area (Å²) >= 11 is 0.847. The lowest BCUT2D eigenvalue weighted by Gasteiger charge is -2.13. The summed E-state index contributed by atoms with van der Waals surface area (Å²) in [5, 5.41) is -0.372. The van der Waals surface area contributed by atoms with Crippen LogP contribution < -0.4 is 18.9 Å². The largest absolute Gasteiger partial charge is 0.497 e. The second-order valence-corrected chi connectivity index (χ2v) is 9.02. The van der Waals surface area contributed by atoms with Gasteiger partial charge in [-0.1, -0.05) is 18.2 Å². The number of ether oxygens (including phenoxy) is 4. The zero-order chi connectivity index (χ0) is 26.4. The van der Waals surface area contributed by atoms with Crippen molar-refractivity contribution in [2.75, 3.05) is 27.4 Å². The van der Waals surface area contributed by atoms with Gasteiger partial charge in [0.1, 0.15) is 18.1 Å². The molecule has 0 saturated carbocycles. The van der Waals surface area contributed by atoms with Gasteiger partial charge in [0.05, 0.1) is 31.2 Å². The SMILES string of the molecule is COc1ccc(C(=O)Oc2cc(/C=C3\SC(=O)N(CCOc4cccc(C)c4)C3=O)ccc2OC)cc1. The van der Waals surface area contributed by atoms with Gasteiger partial charge in [-0.25, -0.2) is 4.79 Å². The van der Waals surface area contributed by atoms with Crippen LogP contribution in [-0.4, -0.2) is 49.4 Å². The monoisotopic (exact) mass is 519 g/mol. The molecular formula is C28H25NO7S. The zero-order valence-electron chi connectivity index (χ0n) is 20.6. The summed E-state index contributed by atoms with van der Waals surface area (Å²) in [6.07, 6.45) is 1.58. The Morgan fingerprint density at radius 3 is 2.41 bits per heavy atom. The predicted octanol–water partition coefficient (Wildman–Crippen LogP) is 5.35. The molecule has 2 amide bonds. The molecule has 4 rings (SSSR count). The van der Waals surface area contributed by atoms with E-state index in [1.807, 2.05) is 31.2 Å². The molecule has 0 spiro atoms. The van der Waals surface area contributed by atoms with Crippen LogP contribution in [0.3, 0.4) is 0 Å². The lowest BCUT2D eigenvalue weighted by atomic mass is 10.1. The van der Waals surface area contributed by atoms with E-state index in [-0.39, 0.29) is 29.0 Å². The number of carbonyl (C=O) groups excluding carboxylic acids is 3. The van der Waals surface area contributed by atoms with Crippen LogP contribution in [0.5, 0.6) is 23.0 Å². The third-order valence-electron chi connectivity index (χ3n) is 5.46. The minimum atomic E-state index is -0.577. The maximum atomic E-state index is 12.9. The Bertz CT molecular complexity index is 1350. The van der Waals surface area contributed by atoms with Gasteiger partial charge in [-0.3, -0.25) is 14.5 Å². The normalized spacial score (nSPS) is 14.1. The van der Waals surface area contributed by atoms with Gasteiger partial charge in [0, 0.05) is 0 Å². The summed E-state index contributed by atoms with van der Waals surface area (Å²) in [6, 6.07) is 19.0. The van der Waals surface area contributed by atoms with E-state index in [1.54, 1.807) is 48.5 Å². The Morgan fingerprint density at radius 2 is 1.70 bits per heavy atom. The van der Waals surface area contributed by atoms with Crippen LogP contribution in [0, 0.1) is 6.92 Å². The van der Waals surface area contributed by atoms with Gasteiger partial charge in [0.25, 0.3) is 11.1 Å². The Labute approximate surface area is 218 Å². The molecule has 0 aromatic heterocycles. The van der Waals surface area contributed by atoms with E-state index in [0.717, 1.165) is 22.2 Å². The molecule has 1 aliphatic heterocycles. The van der Waals surface area contributed by atoms with E-state index in [4.69, 9.17) is 18.9 Å². The van der Waals surface area contributed by atoms with Gasteiger partial charge in [0.15, 0.2) is 11.5 Å². The summed E-state index contributed by atoms with van der Waals surface area (Å²) in [5.74, 6) is 0.843. The summed E-state index contributed by atoms with van der Waals surface area (Å²) < 4.78 is 21.7. The standard InChI is InChI=1S/C28H25NO7S/c1-18-5-4-6-22(15-18)35-14-13-29-26(30)25(37-28(29)32)17-19-7-12-23(34-3)24(16-19)36-27(31)20-8-10-21(33-2)11-9-20/h4-12,15-17H,13-14H2,1-3H3/b25-17-. The molecule has 0 bridgehead atoms. The topological polar surface area (TPSA) is 91.4 Å². The molecule has 190 valence electrons. The molecule has 1 saturated heterocycles. The van der Waals surface area contributed by atoms with Gasteiger partial charge in [-0.15, -0.1) is 0 Å². The van der Waals surface area contributed by atoms with Crippen molar-refractivity contribution in [1.82, 2.24) is 4.90 Å². The highest BCUT2D eigenvalue weighted by molar-refractivity contribution is 8.18. The number of imide groups is 1. The van der Waals surface area contributed by atoms with Crippen molar-refractivity contribution in [2.24, 2.45) is 0 Å². The molecule has 1 heterocycles. The van der Waals surface area contributed by atoms with E-state index in [9.17, 15) is 14.4 Å². The maximum absolute atomic E-state index is 12.9. The fraction of sp³-hybridized carbons (Fsp3) is 0.179. The number of benzene rings is 3. The first kappa shape index (κ1) is 25.8. The molecule has 0 N–H and O–H groups in total. The third kappa shape index (κ3) is 6.31. The molecule has 9 heteroatoms. The van der Waals surface area contributed by atoms with Gasteiger partial charge < -0.3 is 18.9 Å². The lowest BCUT2D eigenvalue weighted by molar-refractivity contribution is -0.123. The van der Waals surface area contributed by atoms with Crippen molar-refractivity contribution in [3.8, 4) is 23.0 Å². The Balaban J connectivity index is 1.45. The number of aryl methyl sites for hydroxylation is 1. The van der Waals surface area contributed by atoms with Crippen LogP contribution in [-0.2, 0) is 4.79 Å². The molecular weight excluding hydrogens is 494 g/mol. The summed E-state index contributed by atoms with van der Waals surface area (Å²) in [5.41, 5.74) is 1.96. The summed E-state index contributed by atoms with van der Waals surface area (Å²) in [6.45, 7) is 2.27. The molecule has 0 aliphatic carbocycles. The highest BCUT2D eigenvalue weighted by atomic mass is 32.2. The van der Waals surface area contributed by atoms with Crippen LogP contribution in [0.25, 0.3) is 6.08 Å². The molecule has 3 aromatic carbocycles. The van der Waals surface area contributed by atoms with E-state index < -0.39 is 11.9 Å². The maximum Gasteiger partial charge on any atom is 0.343 e. The Hall–Kier alpha value is -4.24. The molecule has 37 heavy (non-hydrogen) atoms. The van der Waals surface area contributed by atoms with E-state index in [1.165, 1.54) is 14.2 Å². The van der Waals surface area contributed by atoms with Gasteiger partial charge in [-0.05, 0) is 84.4 Å². The molecule has 0 atom stereocenters. The average molecular weight is 520 g/mol. The second kappa shape index (κ2) is 11.7. The van der Waals surface area contributed by atoms with Crippen LogP contribution in [0.1, 0.15) is 21.5 Å². The number of nitrogens with zero attached hydrogens (tertiary/aromatic N) is 1. The Morgan fingerprint density at radius 1 is 0.919 bits per heavy atom. The number of methoxy groups -OCH3 is 2. The molecule has 0 unspecified atom stereocenters. The summed E-state index contributed by atoms with van der Waals surface area (Å²) in [7, 11) is 3.00. The van der Waals surface area contributed by atoms with Crippen LogP contribution in [0.4, 0.5) is 4.79 Å². The predicted molar refractivity (Wildman–Crippen MR) is 140 cm³/mol. The number of carbonyl (C=O) groups is 3. The quantitative estimate of drug-likeness (QED) is 0.212. The van der Waals surface area contributed by atoms with Crippen molar-refractivity contribution in [3.63, 3.8) is 0 Å². The smallest absolute Gasteiger partial charge is 0.343 e. The van der Waals surface area contributed by atoms with Crippen LogP contribution in [0.2, 0.25) is 0 Å². The third-order valence-corrected chi connectivity index (χ3v) is 6.37. The zero-order valence-corrected chi connectivity index (χ0v) is 21.4. The first-order chi connectivity index (χ1) is 17.9. The molecule has 0 radical (unpaired) electrons. The highest BCUT2D eigenvalue weighted by Crippen LogP contribution is 2.35. The average Bonchev–Trinajstić information content (AvgIpc) is 3.16. The van der Waals surface area contributed by atoms with E-state index in [0.29, 0.717) is 28.4 Å². The first-order valence-electron chi connectivity index (χ1n) is 11.4. The fourth-order valence-electron chi connectivity index (χ4n) is 3.55. The number of amides is 2. The van der Waals surface area contributed by atoms with Crippen molar-refractivity contribution < 1.29 is 33.3 Å². The number of hydrogen-bond acceptors (Lipinski definition) is 8. The minimum absolute atomic E-state index is 0.128. The van der Waals surface area contributed by atoms with Crippen LogP contribution in [0.15, 0.2) is 71.6 Å². The van der Waals surface area contributed by atoms with Gasteiger partial charge >= 0.3 is 5.97 Å². The van der Waals surface area contributed by atoms with Crippen molar-refractivity contribution in [3.05, 3.63) is 88.3 Å². The van der Waals surface area contributed by atoms with Gasteiger partial charge in [-0.2, -0.15) is 0 Å². The van der Waals surface area contributed by atoms with Crippen molar-refractivity contribution in [2.45, 2.75) is 6.92 Å². The first-order valence-corrected chi connectivity index (χ1v) is 12.2. The minimum Gasteiger partial charge on any atom is -0.497 e. The fourth-order valence-corrected chi connectivity index (χ4v) is 4.42. The molecule has 1 fully saturated rings. The molecule has 1 aliphatic rings. The lowest BCUT2D eigenvalue weighted by Crippen LogP contribution is -2.32. The number of esters is 1. The van der Waals surface area contributed by atoms with Crippen LogP contribution >= 0.6 is 11.8 Å².